The van der Waals surface area contributed by atoms with Crippen LogP contribution in [0.15, 0.2) is 41.3 Å². The van der Waals surface area contributed by atoms with Crippen molar-refractivity contribution >= 4 is 20.9 Å². The monoisotopic (exact) mass is 370 g/mol. The van der Waals surface area contributed by atoms with E-state index in [1.807, 2.05) is 44.2 Å². The number of hydrogen-bond donors (Lipinski definition) is 2. The van der Waals surface area contributed by atoms with E-state index < -0.39 is 10.0 Å². The largest absolute Gasteiger partial charge is 0.497 e. The minimum absolute atomic E-state index is 0.141. The molecule has 0 amide bonds. The third kappa shape index (κ3) is 2.89. The summed E-state index contributed by atoms with van der Waals surface area (Å²) < 4.78 is 33.8. The number of aromatic amines is 1. The maximum Gasteiger partial charge on any atom is 0.241 e. The summed E-state index contributed by atoms with van der Waals surface area (Å²) in [7, 11) is -1.89. The van der Waals surface area contributed by atoms with Gasteiger partial charge < -0.3 is 9.72 Å². The van der Waals surface area contributed by atoms with Crippen molar-refractivity contribution in [2.45, 2.75) is 37.6 Å². The highest BCUT2D eigenvalue weighted by molar-refractivity contribution is 7.89. The molecule has 3 aromatic rings. The molecular weight excluding hydrogens is 348 g/mol. The fourth-order valence-corrected chi connectivity index (χ4v) is 5.31. The first kappa shape index (κ1) is 17.1. The molecule has 4 rings (SSSR count). The van der Waals surface area contributed by atoms with Gasteiger partial charge in [-0.05, 0) is 55.7 Å². The molecule has 1 unspecified atom stereocenters. The molecule has 0 radical (unpaired) electrons. The van der Waals surface area contributed by atoms with Crippen LogP contribution in [0, 0.1) is 13.8 Å². The lowest BCUT2D eigenvalue weighted by Gasteiger charge is -2.15. The lowest BCUT2D eigenvalue weighted by molar-refractivity contribution is 0.415. The number of fused-ring (bicyclic) bond motifs is 3. The number of rotatable bonds is 4. The van der Waals surface area contributed by atoms with Gasteiger partial charge in [-0.15, -0.1) is 0 Å². The Morgan fingerprint density at radius 3 is 2.65 bits per heavy atom. The van der Waals surface area contributed by atoms with Crippen LogP contribution in [0.2, 0.25) is 0 Å². The molecule has 1 aromatic heterocycles. The number of nitrogens with one attached hydrogen (secondary N) is 2. The van der Waals surface area contributed by atoms with Crippen LogP contribution in [-0.2, 0) is 22.9 Å². The lowest BCUT2D eigenvalue weighted by Crippen LogP contribution is -2.35. The molecule has 0 fully saturated rings. The van der Waals surface area contributed by atoms with Crippen molar-refractivity contribution < 1.29 is 13.2 Å². The highest BCUT2D eigenvalue weighted by atomic mass is 32.2. The van der Waals surface area contributed by atoms with Gasteiger partial charge in [0.1, 0.15) is 5.75 Å². The Kier molecular flexibility index (Phi) is 4.04. The Balaban J connectivity index is 1.60. The Labute approximate surface area is 153 Å². The molecule has 0 saturated carbocycles. The van der Waals surface area contributed by atoms with Crippen molar-refractivity contribution in [1.29, 1.82) is 0 Å². The standard InChI is InChI=1S/C20H22N2O3S/c1-12-4-7-20(13(2)8-12)26(23,24)22-14-9-16-17-11-15(25-3)5-6-18(17)21-19(16)10-14/h4-8,11,14,21-22H,9-10H2,1-3H3. The molecule has 1 atom stereocenters. The van der Waals surface area contributed by atoms with Crippen LogP contribution in [0.3, 0.4) is 0 Å². The second-order valence-corrected chi connectivity index (χ2v) is 8.67. The molecule has 136 valence electrons. The molecule has 1 aliphatic carbocycles. The summed E-state index contributed by atoms with van der Waals surface area (Å²) >= 11 is 0. The van der Waals surface area contributed by atoms with E-state index in [0.717, 1.165) is 33.5 Å². The van der Waals surface area contributed by atoms with Gasteiger partial charge in [-0.1, -0.05) is 17.7 Å². The molecule has 1 aliphatic rings. The molecule has 0 saturated heterocycles. The number of methoxy groups -OCH3 is 1. The zero-order valence-electron chi connectivity index (χ0n) is 15.1. The predicted octanol–water partition coefficient (Wildman–Crippen LogP) is 3.24. The topological polar surface area (TPSA) is 71.2 Å². The van der Waals surface area contributed by atoms with Gasteiger partial charge in [0.15, 0.2) is 0 Å². The summed E-state index contributed by atoms with van der Waals surface area (Å²) in [4.78, 5) is 3.76. The van der Waals surface area contributed by atoms with E-state index in [2.05, 4.69) is 9.71 Å². The Morgan fingerprint density at radius 1 is 1.12 bits per heavy atom. The first-order valence-electron chi connectivity index (χ1n) is 8.64. The molecule has 26 heavy (non-hydrogen) atoms. The van der Waals surface area contributed by atoms with E-state index in [-0.39, 0.29) is 6.04 Å². The Hall–Kier alpha value is -2.31. The first-order valence-corrected chi connectivity index (χ1v) is 10.1. The van der Waals surface area contributed by atoms with Crippen LogP contribution >= 0.6 is 0 Å². The molecule has 6 heteroatoms. The Morgan fingerprint density at radius 2 is 1.92 bits per heavy atom. The van der Waals surface area contributed by atoms with Gasteiger partial charge in [0.25, 0.3) is 0 Å². The summed E-state index contributed by atoms with van der Waals surface area (Å²) in [6.07, 6.45) is 1.34. The number of H-pyrrole nitrogens is 1. The van der Waals surface area contributed by atoms with Gasteiger partial charge in [0.2, 0.25) is 10.0 Å². The van der Waals surface area contributed by atoms with Gasteiger partial charge >= 0.3 is 0 Å². The fourth-order valence-electron chi connectivity index (χ4n) is 3.85. The number of aryl methyl sites for hydroxylation is 2. The summed E-state index contributed by atoms with van der Waals surface area (Å²) in [5.41, 5.74) is 5.15. The van der Waals surface area contributed by atoms with Crippen molar-refractivity contribution in [3.05, 3.63) is 58.8 Å². The van der Waals surface area contributed by atoms with Crippen molar-refractivity contribution in [3.8, 4) is 5.75 Å². The number of ether oxygens (including phenoxy) is 1. The molecule has 0 aliphatic heterocycles. The van der Waals surface area contributed by atoms with E-state index in [0.29, 0.717) is 17.7 Å². The number of aromatic nitrogens is 1. The highest BCUT2D eigenvalue weighted by Gasteiger charge is 2.30. The summed E-state index contributed by atoms with van der Waals surface area (Å²) in [5, 5.41) is 1.10. The van der Waals surface area contributed by atoms with Crippen LogP contribution in [0.1, 0.15) is 22.4 Å². The van der Waals surface area contributed by atoms with E-state index in [9.17, 15) is 8.42 Å². The van der Waals surface area contributed by atoms with Crippen LogP contribution in [-0.4, -0.2) is 26.6 Å². The van der Waals surface area contributed by atoms with Crippen LogP contribution in [0.4, 0.5) is 0 Å². The van der Waals surface area contributed by atoms with Gasteiger partial charge in [0, 0.05) is 29.1 Å². The van der Waals surface area contributed by atoms with Crippen molar-refractivity contribution in [2.24, 2.45) is 0 Å². The Bertz CT molecular complexity index is 1100. The van der Waals surface area contributed by atoms with E-state index in [4.69, 9.17) is 4.74 Å². The van der Waals surface area contributed by atoms with Crippen LogP contribution < -0.4 is 9.46 Å². The molecule has 5 nitrogen and oxygen atoms in total. The van der Waals surface area contributed by atoms with Gasteiger partial charge in [-0.2, -0.15) is 0 Å². The lowest BCUT2D eigenvalue weighted by atomic mass is 10.1. The molecule has 2 aromatic carbocycles. The first-order chi connectivity index (χ1) is 12.4. The number of sulfonamides is 1. The normalized spacial score (nSPS) is 16.8. The SMILES string of the molecule is COc1ccc2[nH]c3c(c2c1)CC(NS(=O)(=O)c1ccc(C)cc1C)C3. The quantitative estimate of drug-likeness (QED) is 0.741. The second-order valence-electron chi connectivity index (χ2n) is 6.99. The summed E-state index contributed by atoms with van der Waals surface area (Å²) in [6, 6.07) is 11.2. The minimum Gasteiger partial charge on any atom is -0.497 e. The molecular formula is C20H22N2O3S. The smallest absolute Gasteiger partial charge is 0.241 e. The number of hydrogen-bond acceptors (Lipinski definition) is 3. The van der Waals surface area contributed by atoms with Crippen molar-refractivity contribution in [2.75, 3.05) is 7.11 Å². The van der Waals surface area contributed by atoms with Crippen LogP contribution in [0.5, 0.6) is 5.75 Å². The molecule has 0 bridgehead atoms. The average Bonchev–Trinajstić information content (AvgIpc) is 3.10. The van der Waals surface area contributed by atoms with Gasteiger partial charge in [-0.3, -0.25) is 0 Å². The molecule has 2 N–H and O–H groups in total. The maximum absolute atomic E-state index is 12.8. The summed E-state index contributed by atoms with van der Waals surface area (Å²) in [6.45, 7) is 3.79. The predicted molar refractivity (Wildman–Crippen MR) is 102 cm³/mol. The third-order valence-electron chi connectivity index (χ3n) is 5.04. The molecule has 1 heterocycles. The third-order valence-corrected chi connectivity index (χ3v) is 6.73. The second kappa shape index (κ2) is 6.14. The maximum atomic E-state index is 12.8. The van der Waals surface area contributed by atoms with Gasteiger partial charge in [0.05, 0.1) is 12.0 Å². The van der Waals surface area contributed by atoms with Crippen LogP contribution in [0.25, 0.3) is 10.9 Å². The van der Waals surface area contributed by atoms with Crippen molar-refractivity contribution in [1.82, 2.24) is 9.71 Å². The summed E-state index contributed by atoms with van der Waals surface area (Å²) in [5.74, 6) is 0.804. The molecule has 0 spiro atoms. The van der Waals surface area contributed by atoms with Gasteiger partial charge in [-0.25, -0.2) is 13.1 Å². The zero-order chi connectivity index (χ0) is 18.5. The van der Waals surface area contributed by atoms with E-state index in [1.165, 1.54) is 5.56 Å². The minimum atomic E-state index is -3.54. The van der Waals surface area contributed by atoms with Crippen molar-refractivity contribution in [3.63, 3.8) is 0 Å². The fraction of sp³-hybridized carbons (Fsp3) is 0.300. The zero-order valence-corrected chi connectivity index (χ0v) is 15.9. The highest BCUT2D eigenvalue weighted by Crippen LogP contribution is 2.33. The van der Waals surface area contributed by atoms with E-state index in [1.54, 1.807) is 13.2 Å². The number of benzene rings is 2. The van der Waals surface area contributed by atoms with E-state index >= 15 is 0 Å². The average molecular weight is 370 g/mol.